The molecule has 22 heavy (non-hydrogen) atoms. The number of likely N-dealkylation sites (tertiary alicyclic amines) is 2. The third-order valence-electron chi connectivity index (χ3n) is 4.05. The number of rotatable bonds is 4. The predicted octanol–water partition coefficient (Wildman–Crippen LogP) is 0.734. The van der Waals surface area contributed by atoms with Gasteiger partial charge in [-0.15, -0.1) is 0 Å². The van der Waals surface area contributed by atoms with E-state index in [2.05, 4.69) is 0 Å². The summed E-state index contributed by atoms with van der Waals surface area (Å²) in [6, 6.07) is 7.33. The molecule has 0 aliphatic carbocycles. The Morgan fingerprint density at radius 1 is 1.14 bits per heavy atom. The van der Waals surface area contributed by atoms with Gasteiger partial charge in [0, 0.05) is 25.9 Å². The average molecular weight is 302 g/mol. The molecule has 0 bridgehead atoms. The summed E-state index contributed by atoms with van der Waals surface area (Å²) >= 11 is 0. The minimum absolute atomic E-state index is 0.0301. The highest BCUT2D eigenvalue weighted by Crippen LogP contribution is 2.22. The third kappa shape index (κ3) is 2.81. The second kappa shape index (κ2) is 5.79. The molecular formula is C16H18N2O4. The quantitative estimate of drug-likeness (QED) is 0.769. The van der Waals surface area contributed by atoms with Crippen LogP contribution in [-0.2, 0) is 14.4 Å². The molecule has 3 rings (SSSR count). The number of aryl methyl sites for hydroxylation is 1. The molecule has 0 spiro atoms. The first-order chi connectivity index (χ1) is 10.5. The number of benzene rings is 1. The predicted molar refractivity (Wildman–Crippen MR) is 78.1 cm³/mol. The van der Waals surface area contributed by atoms with Crippen LogP contribution in [0.4, 0.5) is 0 Å². The molecule has 6 heteroatoms. The maximum Gasteiger partial charge on any atom is 0.260 e. The second-order valence-corrected chi connectivity index (χ2v) is 5.71. The zero-order valence-corrected chi connectivity index (χ0v) is 12.4. The molecule has 1 aromatic rings. The van der Waals surface area contributed by atoms with Crippen LogP contribution in [0.15, 0.2) is 24.3 Å². The van der Waals surface area contributed by atoms with Crippen molar-refractivity contribution < 1.29 is 19.1 Å². The van der Waals surface area contributed by atoms with Crippen LogP contribution < -0.4 is 4.74 Å². The average Bonchev–Trinajstić information content (AvgIpc) is 2.77. The Morgan fingerprint density at radius 3 is 2.32 bits per heavy atom. The molecule has 0 atom stereocenters. The van der Waals surface area contributed by atoms with Crippen LogP contribution in [0.25, 0.3) is 0 Å². The summed E-state index contributed by atoms with van der Waals surface area (Å²) in [5, 5.41) is 0. The van der Waals surface area contributed by atoms with Crippen LogP contribution in [0.1, 0.15) is 18.4 Å². The SMILES string of the molecule is Cc1ccc(OCC(=O)N2CC(N3C(=O)CCC3=O)C2)cc1. The summed E-state index contributed by atoms with van der Waals surface area (Å²) in [5.74, 6) is 0.271. The van der Waals surface area contributed by atoms with Gasteiger partial charge in [-0.2, -0.15) is 0 Å². The van der Waals surface area contributed by atoms with Crippen LogP contribution in [-0.4, -0.2) is 53.3 Å². The molecule has 2 heterocycles. The first kappa shape index (κ1) is 14.6. The fourth-order valence-electron chi connectivity index (χ4n) is 2.69. The number of imide groups is 1. The van der Waals surface area contributed by atoms with Gasteiger partial charge in [-0.3, -0.25) is 19.3 Å². The number of hydrogen-bond donors (Lipinski definition) is 0. The molecule has 3 amide bonds. The highest BCUT2D eigenvalue weighted by atomic mass is 16.5. The Bertz CT molecular complexity index is 589. The van der Waals surface area contributed by atoms with Gasteiger partial charge in [0.2, 0.25) is 11.8 Å². The Balaban J connectivity index is 1.46. The van der Waals surface area contributed by atoms with Crippen molar-refractivity contribution in [2.75, 3.05) is 19.7 Å². The standard InChI is InChI=1S/C16H18N2O4/c1-11-2-4-13(5-3-11)22-10-16(21)17-8-12(9-17)18-14(19)6-7-15(18)20/h2-5,12H,6-10H2,1H3. The molecule has 2 saturated heterocycles. The lowest BCUT2D eigenvalue weighted by Gasteiger charge is -2.42. The highest BCUT2D eigenvalue weighted by molar-refractivity contribution is 6.02. The summed E-state index contributed by atoms with van der Waals surface area (Å²) < 4.78 is 5.44. The lowest BCUT2D eigenvalue weighted by molar-refractivity contribution is -0.152. The smallest absolute Gasteiger partial charge is 0.260 e. The molecule has 0 unspecified atom stereocenters. The zero-order chi connectivity index (χ0) is 15.7. The van der Waals surface area contributed by atoms with Gasteiger partial charge in [-0.05, 0) is 19.1 Å². The Labute approximate surface area is 128 Å². The van der Waals surface area contributed by atoms with E-state index in [1.54, 1.807) is 4.90 Å². The zero-order valence-electron chi connectivity index (χ0n) is 12.4. The van der Waals surface area contributed by atoms with E-state index in [1.165, 1.54) is 4.90 Å². The lowest BCUT2D eigenvalue weighted by Crippen LogP contribution is -2.62. The molecule has 2 aliphatic rings. The monoisotopic (exact) mass is 302 g/mol. The van der Waals surface area contributed by atoms with Gasteiger partial charge in [-0.1, -0.05) is 17.7 Å². The van der Waals surface area contributed by atoms with Crippen molar-refractivity contribution in [2.45, 2.75) is 25.8 Å². The van der Waals surface area contributed by atoms with Gasteiger partial charge in [0.1, 0.15) is 5.75 Å². The first-order valence-electron chi connectivity index (χ1n) is 7.37. The topological polar surface area (TPSA) is 66.9 Å². The van der Waals surface area contributed by atoms with E-state index < -0.39 is 0 Å². The Morgan fingerprint density at radius 2 is 1.73 bits per heavy atom. The van der Waals surface area contributed by atoms with Crippen molar-refractivity contribution in [2.24, 2.45) is 0 Å². The number of nitrogens with zero attached hydrogens (tertiary/aromatic N) is 2. The van der Waals surface area contributed by atoms with Crippen molar-refractivity contribution in [3.05, 3.63) is 29.8 Å². The van der Waals surface area contributed by atoms with E-state index in [1.807, 2.05) is 31.2 Å². The number of hydrogen-bond acceptors (Lipinski definition) is 4. The summed E-state index contributed by atoms with van der Waals surface area (Å²) in [7, 11) is 0. The molecule has 1 aromatic carbocycles. The maximum atomic E-state index is 12.0. The van der Waals surface area contributed by atoms with E-state index in [4.69, 9.17) is 4.74 Å². The minimum Gasteiger partial charge on any atom is -0.484 e. The molecule has 2 aliphatic heterocycles. The number of amides is 3. The Hall–Kier alpha value is -2.37. The third-order valence-corrected chi connectivity index (χ3v) is 4.05. The summed E-state index contributed by atoms with van der Waals surface area (Å²) in [5.41, 5.74) is 1.13. The van der Waals surface area contributed by atoms with E-state index in [0.29, 0.717) is 31.7 Å². The highest BCUT2D eigenvalue weighted by Gasteiger charge is 2.42. The molecular weight excluding hydrogens is 284 g/mol. The van der Waals surface area contributed by atoms with Crippen LogP contribution in [0.3, 0.4) is 0 Å². The van der Waals surface area contributed by atoms with Crippen molar-refractivity contribution >= 4 is 17.7 Å². The van der Waals surface area contributed by atoms with Gasteiger partial charge < -0.3 is 9.64 Å². The van der Waals surface area contributed by atoms with Crippen LogP contribution in [0, 0.1) is 6.92 Å². The number of ether oxygens (including phenoxy) is 1. The van der Waals surface area contributed by atoms with Crippen molar-refractivity contribution in [3.63, 3.8) is 0 Å². The van der Waals surface area contributed by atoms with Crippen molar-refractivity contribution in [3.8, 4) is 5.75 Å². The van der Waals surface area contributed by atoms with E-state index in [9.17, 15) is 14.4 Å². The van der Waals surface area contributed by atoms with Crippen molar-refractivity contribution in [1.29, 1.82) is 0 Å². The molecule has 116 valence electrons. The molecule has 0 N–H and O–H groups in total. The van der Waals surface area contributed by atoms with E-state index in [-0.39, 0.29) is 30.4 Å². The number of carbonyl (C=O) groups is 3. The van der Waals surface area contributed by atoms with Crippen LogP contribution in [0.2, 0.25) is 0 Å². The number of carbonyl (C=O) groups excluding carboxylic acids is 3. The molecule has 0 radical (unpaired) electrons. The summed E-state index contributed by atoms with van der Waals surface area (Å²) in [6.45, 7) is 2.77. The van der Waals surface area contributed by atoms with Gasteiger partial charge in [0.25, 0.3) is 5.91 Å². The van der Waals surface area contributed by atoms with Crippen LogP contribution >= 0.6 is 0 Å². The van der Waals surface area contributed by atoms with Gasteiger partial charge in [0.15, 0.2) is 6.61 Å². The maximum absolute atomic E-state index is 12.0. The lowest BCUT2D eigenvalue weighted by atomic mass is 10.1. The molecule has 6 nitrogen and oxygen atoms in total. The summed E-state index contributed by atoms with van der Waals surface area (Å²) in [4.78, 5) is 38.1. The largest absolute Gasteiger partial charge is 0.484 e. The van der Waals surface area contributed by atoms with Gasteiger partial charge in [0.05, 0.1) is 6.04 Å². The fourth-order valence-corrected chi connectivity index (χ4v) is 2.69. The van der Waals surface area contributed by atoms with Crippen LogP contribution in [0.5, 0.6) is 5.75 Å². The van der Waals surface area contributed by atoms with Gasteiger partial charge in [-0.25, -0.2) is 0 Å². The fraction of sp³-hybridized carbons (Fsp3) is 0.438. The van der Waals surface area contributed by atoms with E-state index >= 15 is 0 Å². The first-order valence-corrected chi connectivity index (χ1v) is 7.37. The normalized spacial score (nSPS) is 18.6. The molecule has 0 saturated carbocycles. The summed E-state index contributed by atoms with van der Waals surface area (Å²) in [6.07, 6.45) is 0.583. The van der Waals surface area contributed by atoms with Gasteiger partial charge >= 0.3 is 0 Å². The van der Waals surface area contributed by atoms with E-state index in [0.717, 1.165) is 5.56 Å². The minimum atomic E-state index is -0.161. The second-order valence-electron chi connectivity index (χ2n) is 5.71. The molecule has 0 aromatic heterocycles. The molecule has 2 fully saturated rings. The van der Waals surface area contributed by atoms with Crippen molar-refractivity contribution in [1.82, 2.24) is 9.80 Å². The Kier molecular flexibility index (Phi) is 3.83.